The van der Waals surface area contributed by atoms with E-state index in [0.29, 0.717) is 5.92 Å². The predicted molar refractivity (Wildman–Crippen MR) is 106 cm³/mol. The highest BCUT2D eigenvalue weighted by Gasteiger charge is 2.45. The monoisotopic (exact) mass is 358 g/mol. The normalized spacial score (nSPS) is 26.4. The summed E-state index contributed by atoms with van der Waals surface area (Å²) in [6.45, 7) is 9.83. The van der Waals surface area contributed by atoms with Gasteiger partial charge in [0.2, 0.25) is 5.91 Å². The fraction of sp³-hybridized carbons (Fsp3) is 0.682. The number of ether oxygens (including phenoxy) is 1. The van der Waals surface area contributed by atoms with Gasteiger partial charge in [0.05, 0.1) is 7.11 Å². The van der Waals surface area contributed by atoms with Crippen molar-refractivity contribution in [3.63, 3.8) is 0 Å². The fourth-order valence-corrected chi connectivity index (χ4v) is 4.30. The molecule has 3 unspecified atom stereocenters. The van der Waals surface area contributed by atoms with Gasteiger partial charge in [0.15, 0.2) is 0 Å². The van der Waals surface area contributed by atoms with E-state index in [1.807, 2.05) is 18.2 Å². The Morgan fingerprint density at radius 3 is 2.85 bits per heavy atom. The number of benzene rings is 1. The van der Waals surface area contributed by atoms with Gasteiger partial charge in [-0.05, 0) is 63.1 Å². The Balaban J connectivity index is 1.53. The Bertz CT molecular complexity index is 628. The zero-order valence-electron chi connectivity index (χ0n) is 16.8. The molecule has 2 aliphatic rings. The average Bonchev–Trinajstić information content (AvgIpc) is 3.47. The first-order valence-electron chi connectivity index (χ1n) is 10.1. The quantitative estimate of drug-likeness (QED) is 0.806. The summed E-state index contributed by atoms with van der Waals surface area (Å²) in [4.78, 5) is 15.2. The summed E-state index contributed by atoms with van der Waals surface area (Å²) in [5.41, 5.74) is 1.18. The summed E-state index contributed by atoms with van der Waals surface area (Å²) in [6, 6.07) is 8.06. The second kappa shape index (κ2) is 7.99. The average molecular weight is 359 g/mol. The summed E-state index contributed by atoms with van der Waals surface area (Å²) < 4.78 is 5.45. The maximum atomic E-state index is 12.7. The number of carbonyl (C=O) groups excluding carboxylic acids is 1. The molecular weight excluding hydrogens is 324 g/mol. The lowest BCUT2D eigenvalue weighted by atomic mass is 9.91. The number of hydrogen-bond donors (Lipinski definition) is 1. The maximum Gasteiger partial charge on any atom is 0.223 e. The van der Waals surface area contributed by atoms with E-state index in [1.165, 1.54) is 19.3 Å². The number of likely N-dealkylation sites (tertiary alicyclic amines) is 1. The third-order valence-electron chi connectivity index (χ3n) is 6.31. The molecule has 2 fully saturated rings. The Hall–Kier alpha value is -1.55. The molecule has 3 atom stereocenters. The molecule has 1 amide bonds. The van der Waals surface area contributed by atoms with E-state index in [0.717, 1.165) is 43.3 Å². The molecule has 4 heteroatoms. The molecule has 0 aromatic heterocycles. The van der Waals surface area contributed by atoms with E-state index >= 15 is 0 Å². The number of methoxy groups -OCH3 is 1. The lowest BCUT2D eigenvalue weighted by molar-refractivity contribution is -0.123. The van der Waals surface area contributed by atoms with Gasteiger partial charge >= 0.3 is 0 Å². The standard InChI is InChI=1S/C22H34N2O2/c1-5-16-9-8-12-24(14-16)22(2,3)15-23-21(25)19-13-18(19)17-10-6-7-11-20(17)26-4/h6-7,10-11,16,18-19H,5,8-9,12-15H2,1-4H3,(H,23,25). The molecule has 1 aromatic rings. The van der Waals surface area contributed by atoms with Crippen LogP contribution in [0.1, 0.15) is 57.9 Å². The van der Waals surface area contributed by atoms with Crippen molar-refractivity contribution in [2.24, 2.45) is 11.8 Å². The minimum absolute atomic E-state index is 0.0122. The van der Waals surface area contributed by atoms with E-state index in [1.54, 1.807) is 7.11 Å². The van der Waals surface area contributed by atoms with Gasteiger partial charge in [0, 0.05) is 24.5 Å². The van der Waals surface area contributed by atoms with Crippen molar-refractivity contribution >= 4 is 5.91 Å². The van der Waals surface area contributed by atoms with Gasteiger partial charge in [0.25, 0.3) is 0 Å². The maximum absolute atomic E-state index is 12.7. The Kier molecular flexibility index (Phi) is 5.91. The molecule has 1 N–H and O–H groups in total. The van der Waals surface area contributed by atoms with Crippen molar-refractivity contribution in [3.05, 3.63) is 29.8 Å². The Morgan fingerprint density at radius 2 is 2.12 bits per heavy atom. The van der Waals surface area contributed by atoms with E-state index in [2.05, 4.69) is 37.1 Å². The van der Waals surface area contributed by atoms with Crippen LogP contribution in [0.2, 0.25) is 0 Å². The van der Waals surface area contributed by atoms with Crippen molar-refractivity contribution in [1.82, 2.24) is 10.2 Å². The van der Waals surface area contributed by atoms with Crippen LogP contribution in [0.5, 0.6) is 5.75 Å². The number of piperidine rings is 1. The molecule has 1 heterocycles. The molecule has 1 aliphatic heterocycles. The highest BCUT2D eigenvalue weighted by Crippen LogP contribution is 2.50. The molecule has 0 spiro atoms. The van der Waals surface area contributed by atoms with Gasteiger partial charge in [-0.15, -0.1) is 0 Å². The second-order valence-corrected chi connectivity index (χ2v) is 8.58. The van der Waals surface area contributed by atoms with Crippen molar-refractivity contribution in [2.75, 3.05) is 26.7 Å². The van der Waals surface area contributed by atoms with Gasteiger partial charge in [-0.3, -0.25) is 9.69 Å². The molecule has 1 saturated heterocycles. The highest BCUT2D eigenvalue weighted by molar-refractivity contribution is 5.83. The number of nitrogens with one attached hydrogen (secondary N) is 1. The van der Waals surface area contributed by atoms with Crippen molar-refractivity contribution in [1.29, 1.82) is 0 Å². The van der Waals surface area contributed by atoms with Crippen molar-refractivity contribution in [2.45, 2.75) is 57.9 Å². The fourth-order valence-electron chi connectivity index (χ4n) is 4.30. The number of rotatable bonds is 7. The molecule has 3 rings (SSSR count). The molecule has 4 nitrogen and oxygen atoms in total. The lowest BCUT2D eigenvalue weighted by Gasteiger charge is -2.43. The molecule has 0 radical (unpaired) electrons. The molecule has 26 heavy (non-hydrogen) atoms. The van der Waals surface area contributed by atoms with Crippen LogP contribution in [0.25, 0.3) is 0 Å². The molecular formula is C22H34N2O2. The molecule has 1 aromatic carbocycles. The first-order chi connectivity index (χ1) is 12.5. The molecule has 0 bridgehead atoms. The number of carbonyl (C=O) groups is 1. The van der Waals surface area contributed by atoms with Crippen LogP contribution in [0, 0.1) is 11.8 Å². The third-order valence-corrected chi connectivity index (χ3v) is 6.31. The van der Waals surface area contributed by atoms with Crippen molar-refractivity contribution < 1.29 is 9.53 Å². The largest absolute Gasteiger partial charge is 0.496 e. The number of para-hydroxylation sites is 1. The summed E-state index contributed by atoms with van der Waals surface area (Å²) >= 11 is 0. The molecule has 1 saturated carbocycles. The van der Waals surface area contributed by atoms with Crippen LogP contribution in [0.3, 0.4) is 0 Å². The van der Waals surface area contributed by atoms with Gasteiger partial charge in [-0.2, -0.15) is 0 Å². The zero-order chi connectivity index (χ0) is 18.7. The predicted octanol–water partition coefficient (Wildman–Crippen LogP) is 3.82. The van der Waals surface area contributed by atoms with E-state index in [4.69, 9.17) is 4.74 Å². The first-order valence-corrected chi connectivity index (χ1v) is 10.1. The minimum Gasteiger partial charge on any atom is -0.496 e. The molecule has 1 aliphatic carbocycles. The van der Waals surface area contributed by atoms with Crippen LogP contribution in [-0.2, 0) is 4.79 Å². The van der Waals surface area contributed by atoms with Crippen LogP contribution in [0.4, 0.5) is 0 Å². The van der Waals surface area contributed by atoms with Crippen molar-refractivity contribution in [3.8, 4) is 5.75 Å². The number of nitrogens with zero attached hydrogens (tertiary/aromatic N) is 1. The van der Waals surface area contributed by atoms with Crippen LogP contribution >= 0.6 is 0 Å². The minimum atomic E-state index is 0.0122. The van der Waals surface area contributed by atoms with Gasteiger partial charge in [-0.25, -0.2) is 0 Å². The van der Waals surface area contributed by atoms with Gasteiger partial charge in [0.1, 0.15) is 5.75 Å². The summed E-state index contributed by atoms with van der Waals surface area (Å²) in [5, 5.41) is 3.23. The smallest absolute Gasteiger partial charge is 0.223 e. The van der Waals surface area contributed by atoms with Gasteiger partial charge in [-0.1, -0.05) is 31.5 Å². The molecule has 144 valence electrons. The van der Waals surface area contributed by atoms with Crippen LogP contribution < -0.4 is 10.1 Å². The summed E-state index contributed by atoms with van der Waals surface area (Å²) in [6.07, 6.45) is 4.79. The summed E-state index contributed by atoms with van der Waals surface area (Å²) in [5.74, 6) is 2.28. The lowest BCUT2D eigenvalue weighted by Crippen LogP contribution is -2.55. The van der Waals surface area contributed by atoms with Gasteiger partial charge < -0.3 is 10.1 Å². The van der Waals surface area contributed by atoms with Crippen LogP contribution in [0.15, 0.2) is 24.3 Å². The second-order valence-electron chi connectivity index (χ2n) is 8.58. The number of amides is 1. The van der Waals surface area contributed by atoms with E-state index < -0.39 is 0 Å². The third kappa shape index (κ3) is 4.22. The summed E-state index contributed by atoms with van der Waals surface area (Å²) in [7, 11) is 1.70. The SMILES string of the molecule is CCC1CCCN(C(C)(C)CNC(=O)C2CC2c2ccccc2OC)C1. The van der Waals surface area contributed by atoms with Crippen LogP contribution in [-0.4, -0.2) is 43.1 Å². The number of hydrogen-bond acceptors (Lipinski definition) is 3. The highest BCUT2D eigenvalue weighted by atomic mass is 16.5. The zero-order valence-corrected chi connectivity index (χ0v) is 16.8. The Morgan fingerprint density at radius 1 is 1.35 bits per heavy atom. The topological polar surface area (TPSA) is 41.6 Å². The first kappa shape index (κ1) is 19.2. The van der Waals surface area contributed by atoms with E-state index in [-0.39, 0.29) is 17.4 Å². The van der Waals surface area contributed by atoms with E-state index in [9.17, 15) is 4.79 Å². The Labute approximate surface area is 158 Å².